The molecule has 5 rings (SSSR count). The van der Waals surface area contributed by atoms with Crippen LogP contribution in [0.4, 0.5) is 5.82 Å². The zero-order chi connectivity index (χ0) is 23.8. The Morgan fingerprint density at radius 1 is 1.15 bits per heavy atom. The Bertz CT molecular complexity index is 1220. The molecule has 34 heavy (non-hydrogen) atoms. The third-order valence-electron chi connectivity index (χ3n) is 6.90. The Kier molecular flexibility index (Phi) is 6.12. The molecule has 2 atom stereocenters. The van der Waals surface area contributed by atoms with Crippen molar-refractivity contribution in [2.45, 2.75) is 58.2 Å². The SMILES string of the molecule is C[C@@H]1CCC[C@H](C)N1C(=O)COc1ccc(C(=O)N2CCc3c(sc4ncnc(N)c34)C2)cc1. The number of fused-ring (bicyclic) bond motifs is 3. The lowest BCUT2D eigenvalue weighted by atomic mass is 9.97. The highest BCUT2D eigenvalue weighted by molar-refractivity contribution is 7.19. The van der Waals surface area contributed by atoms with Crippen molar-refractivity contribution in [1.29, 1.82) is 0 Å². The molecule has 8 nitrogen and oxygen atoms in total. The number of nitrogens with zero attached hydrogens (tertiary/aromatic N) is 4. The number of hydrogen-bond acceptors (Lipinski definition) is 7. The number of aromatic nitrogens is 2. The zero-order valence-corrected chi connectivity index (χ0v) is 20.3. The first-order valence-corrected chi connectivity index (χ1v) is 12.6. The van der Waals surface area contributed by atoms with Crippen LogP contribution in [0.15, 0.2) is 30.6 Å². The second-order valence-electron chi connectivity index (χ2n) is 9.16. The van der Waals surface area contributed by atoms with E-state index in [4.69, 9.17) is 10.5 Å². The molecule has 9 heteroatoms. The van der Waals surface area contributed by atoms with Crippen LogP contribution < -0.4 is 10.5 Å². The van der Waals surface area contributed by atoms with Crippen LogP contribution in [0.1, 0.15) is 53.9 Å². The van der Waals surface area contributed by atoms with E-state index in [1.807, 2.05) is 9.80 Å². The smallest absolute Gasteiger partial charge is 0.260 e. The molecule has 2 aromatic heterocycles. The topological polar surface area (TPSA) is 102 Å². The molecule has 0 saturated carbocycles. The minimum absolute atomic E-state index is 0.00877. The summed E-state index contributed by atoms with van der Waals surface area (Å²) < 4.78 is 5.75. The minimum Gasteiger partial charge on any atom is -0.484 e. The molecule has 4 heterocycles. The molecule has 0 unspecified atom stereocenters. The maximum absolute atomic E-state index is 13.1. The fourth-order valence-corrected chi connectivity index (χ4v) is 6.35. The summed E-state index contributed by atoms with van der Waals surface area (Å²) in [6, 6.07) is 7.53. The monoisotopic (exact) mass is 479 g/mol. The van der Waals surface area contributed by atoms with Gasteiger partial charge >= 0.3 is 0 Å². The number of anilines is 1. The van der Waals surface area contributed by atoms with Crippen LogP contribution in [0.25, 0.3) is 10.2 Å². The number of carbonyl (C=O) groups is 2. The van der Waals surface area contributed by atoms with Crippen LogP contribution in [0, 0.1) is 0 Å². The second-order valence-corrected chi connectivity index (χ2v) is 10.2. The van der Waals surface area contributed by atoms with E-state index in [9.17, 15) is 9.59 Å². The van der Waals surface area contributed by atoms with Crippen molar-refractivity contribution in [3.05, 3.63) is 46.6 Å². The summed E-state index contributed by atoms with van der Waals surface area (Å²) in [5.41, 5.74) is 7.82. The molecule has 2 amide bonds. The number of likely N-dealkylation sites (tertiary alicyclic amines) is 1. The van der Waals surface area contributed by atoms with Gasteiger partial charge in [0.05, 0.1) is 11.9 Å². The van der Waals surface area contributed by atoms with Crippen molar-refractivity contribution < 1.29 is 14.3 Å². The van der Waals surface area contributed by atoms with Crippen molar-refractivity contribution in [2.75, 3.05) is 18.9 Å². The molecule has 0 spiro atoms. The normalized spacial score (nSPS) is 20.3. The summed E-state index contributed by atoms with van der Waals surface area (Å²) in [5, 5.41) is 0.930. The van der Waals surface area contributed by atoms with Crippen LogP contribution in [0.2, 0.25) is 0 Å². The van der Waals surface area contributed by atoms with Gasteiger partial charge in [0, 0.05) is 29.1 Å². The van der Waals surface area contributed by atoms with Gasteiger partial charge < -0.3 is 20.3 Å². The standard InChI is InChI=1S/C25H29N5O3S/c1-15-4-3-5-16(2)30(15)21(31)13-33-18-8-6-17(7-9-18)25(32)29-11-10-19-20(12-29)34-24-22(19)23(26)27-14-28-24/h6-9,14-16H,3-5,10-13H2,1-2H3,(H2,26,27,28)/t15-,16+. The van der Waals surface area contributed by atoms with Gasteiger partial charge in [0.2, 0.25) is 0 Å². The first kappa shape index (κ1) is 22.6. The van der Waals surface area contributed by atoms with Gasteiger partial charge in [0.25, 0.3) is 11.8 Å². The maximum atomic E-state index is 13.1. The van der Waals surface area contributed by atoms with Crippen molar-refractivity contribution >= 4 is 39.2 Å². The molecule has 1 saturated heterocycles. The quantitative estimate of drug-likeness (QED) is 0.613. The number of piperidine rings is 1. The van der Waals surface area contributed by atoms with E-state index in [1.165, 1.54) is 6.33 Å². The van der Waals surface area contributed by atoms with Crippen LogP contribution >= 0.6 is 11.3 Å². The number of benzene rings is 1. The van der Waals surface area contributed by atoms with Gasteiger partial charge in [0.1, 0.15) is 22.7 Å². The Hall–Kier alpha value is -3.20. The van der Waals surface area contributed by atoms with Crippen LogP contribution in [-0.2, 0) is 17.8 Å². The van der Waals surface area contributed by atoms with Gasteiger partial charge in [-0.3, -0.25) is 9.59 Å². The molecular weight excluding hydrogens is 450 g/mol. The van der Waals surface area contributed by atoms with Crippen molar-refractivity contribution in [1.82, 2.24) is 19.8 Å². The average molecular weight is 480 g/mol. The van der Waals surface area contributed by atoms with Gasteiger partial charge in [-0.15, -0.1) is 11.3 Å². The molecule has 178 valence electrons. The number of rotatable bonds is 4. The molecule has 0 bridgehead atoms. The van der Waals surface area contributed by atoms with E-state index < -0.39 is 0 Å². The summed E-state index contributed by atoms with van der Waals surface area (Å²) in [6.07, 6.45) is 5.44. The molecule has 0 radical (unpaired) electrons. The van der Waals surface area contributed by atoms with Gasteiger partial charge in [0.15, 0.2) is 6.61 Å². The highest BCUT2D eigenvalue weighted by atomic mass is 32.1. The van der Waals surface area contributed by atoms with Crippen LogP contribution in [-0.4, -0.2) is 56.8 Å². The molecule has 2 aliphatic rings. The Morgan fingerprint density at radius 3 is 2.62 bits per heavy atom. The number of amides is 2. The van der Waals surface area contributed by atoms with Crippen molar-refractivity contribution in [3.63, 3.8) is 0 Å². The third-order valence-corrected chi connectivity index (χ3v) is 8.02. The number of nitrogen functional groups attached to an aromatic ring is 1. The highest BCUT2D eigenvalue weighted by Gasteiger charge is 2.29. The van der Waals surface area contributed by atoms with E-state index in [-0.39, 0.29) is 30.5 Å². The molecule has 2 aliphatic heterocycles. The number of hydrogen-bond donors (Lipinski definition) is 1. The van der Waals surface area contributed by atoms with Crippen molar-refractivity contribution in [3.8, 4) is 5.75 Å². The molecular formula is C25H29N5O3S. The first-order chi connectivity index (χ1) is 16.4. The summed E-state index contributed by atoms with van der Waals surface area (Å²) in [6.45, 7) is 5.35. The third kappa shape index (κ3) is 4.20. The summed E-state index contributed by atoms with van der Waals surface area (Å²) in [4.78, 5) is 40.0. The molecule has 1 fully saturated rings. The number of thiophene rings is 1. The predicted octanol–water partition coefficient (Wildman–Crippen LogP) is 3.64. The Labute approximate surface area is 202 Å². The fourth-order valence-electron chi connectivity index (χ4n) is 5.13. The minimum atomic E-state index is -0.0271. The highest BCUT2D eigenvalue weighted by Crippen LogP contribution is 2.36. The summed E-state index contributed by atoms with van der Waals surface area (Å²) >= 11 is 1.57. The lowest BCUT2D eigenvalue weighted by Crippen LogP contribution is -2.49. The van der Waals surface area contributed by atoms with E-state index in [1.54, 1.807) is 35.6 Å². The predicted molar refractivity (Wildman–Crippen MR) is 132 cm³/mol. The van der Waals surface area contributed by atoms with Gasteiger partial charge in [-0.05, 0) is 69.4 Å². The lowest BCUT2D eigenvalue weighted by Gasteiger charge is -2.38. The van der Waals surface area contributed by atoms with Gasteiger partial charge in [-0.1, -0.05) is 0 Å². The van der Waals surface area contributed by atoms with E-state index >= 15 is 0 Å². The average Bonchev–Trinajstić information content (AvgIpc) is 3.21. The van der Waals surface area contributed by atoms with E-state index in [0.717, 1.165) is 46.3 Å². The lowest BCUT2D eigenvalue weighted by molar-refractivity contribution is -0.139. The molecule has 1 aromatic carbocycles. The second kappa shape index (κ2) is 9.21. The molecule has 3 aromatic rings. The largest absolute Gasteiger partial charge is 0.484 e. The molecule has 2 N–H and O–H groups in total. The van der Waals surface area contributed by atoms with E-state index in [2.05, 4.69) is 23.8 Å². The number of nitrogens with two attached hydrogens (primary N) is 1. The maximum Gasteiger partial charge on any atom is 0.260 e. The number of carbonyl (C=O) groups excluding carboxylic acids is 2. The Morgan fingerprint density at radius 2 is 1.88 bits per heavy atom. The summed E-state index contributed by atoms with van der Waals surface area (Å²) in [7, 11) is 0. The fraction of sp³-hybridized carbons (Fsp3) is 0.440. The van der Waals surface area contributed by atoms with E-state index in [0.29, 0.717) is 30.2 Å². The van der Waals surface area contributed by atoms with Crippen LogP contribution in [0.5, 0.6) is 5.75 Å². The zero-order valence-electron chi connectivity index (χ0n) is 19.5. The number of ether oxygens (including phenoxy) is 1. The molecule has 0 aliphatic carbocycles. The Balaban J connectivity index is 1.22. The van der Waals surface area contributed by atoms with Crippen LogP contribution in [0.3, 0.4) is 0 Å². The van der Waals surface area contributed by atoms with Crippen molar-refractivity contribution in [2.24, 2.45) is 0 Å². The summed E-state index contributed by atoms with van der Waals surface area (Å²) in [5.74, 6) is 1.07. The van der Waals surface area contributed by atoms with Gasteiger partial charge in [-0.25, -0.2) is 9.97 Å². The first-order valence-electron chi connectivity index (χ1n) is 11.8. The van der Waals surface area contributed by atoms with Gasteiger partial charge in [-0.2, -0.15) is 0 Å².